The molecule has 4 heteroatoms. The molecule has 1 rings (SSSR count). The van der Waals surface area contributed by atoms with Crippen LogP contribution in [-0.2, 0) is 4.79 Å². The number of carboxylic acids is 1. The SMILES string of the molecule is CCC(CC)(CC(O)c1cccc(OC)c1)C(=O)O. The summed E-state index contributed by atoms with van der Waals surface area (Å²) in [7, 11) is 1.56. The lowest BCUT2D eigenvalue weighted by Crippen LogP contribution is -2.31. The Bertz CT molecular complexity index is 424. The van der Waals surface area contributed by atoms with Gasteiger partial charge >= 0.3 is 5.97 Å². The summed E-state index contributed by atoms with van der Waals surface area (Å²) in [6, 6.07) is 7.10. The second-order valence-corrected chi connectivity index (χ2v) is 4.79. The number of hydrogen-bond acceptors (Lipinski definition) is 3. The van der Waals surface area contributed by atoms with Crippen molar-refractivity contribution in [2.24, 2.45) is 5.41 Å². The normalized spacial score (nSPS) is 13.1. The minimum Gasteiger partial charge on any atom is -0.497 e. The first kappa shape index (κ1) is 15.5. The van der Waals surface area contributed by atoms with Crippen molar-refractivity contribution in [1.29, 1.82) is 0 Å². The van der Waals surface area contributed by atoms with E-state index in [1.807, 2.05) is 13.8 Å². The van der Waals surface area contributed by atoms with Crippen LogP contribution in [0.5, 0.6) is 5.75 Å². The minimum absolute atomic E-state index is 0.211. The van der Waals surface area contributed by atoms with Crippen LogP contribution in [0, 0.1) is 5.41 Å². The smallest absolute Gasteiger partial charge is 0.309 e. The van der Waals surface area contributed by atoms with Gasteiger partial charge < -0.3 is 14.9 Å². The van der Waals surface area contributed by atoms with Crippen LogP contribution in [0.1, 0.15) is 44.8 Å². The van der Waals surface area contributed by atoms with Gasteiger partial charge in [0.25, 0.3) is 0 Å². The van der Waals surface area contributed by atoms with Gasteiger partial charge in [0.2, 0.25) is 0 Å². The number of aliphatic carboxylic acids is 1. The Labute approximate surface area is 114 Å². The van der Waals surface area contributed by atoms with Gasteiger partial charge in [0.15, 0.2) is 0 Å². The summed E-state index contributed by atoms with van der Waals surface area (Å²) >= 11 is 0. The fourth-order valence-corrected chi connectivity index (χ4v) is 2.27. The predicted molar refractivity (Wildman–Crippen MR) is 73.2 cm³/mol. The third-order valence-electron chi connectivity index (χ3n) is 3.87. The number of methoxy groups -OCH3 is 1. The maximum atomic E-state index is 11.4. The lowest BCUT2D eigenvalue weighted by Gasteiger charge is -2.29. The van der Waals surface area contributed by atoms with E-state index in [4.69, 9.17) is 4.74 Å². The van der Waals surface area contributed by atoms with Crippen LogP contribution in [0.2, 0.25) is 0 Å². The van der Waals surface area contributed by atoms with Crippen molar-refractivity contribution in [3.63, 3.8) is 0 Å². The lowest BCUT2D eigenvalue weighted by molar-refractivity contribution is -0.151. The zero-order valence-electron chi connectivity index (χ0n) is 11.7. The number of carbonyl (C=O) groups is 1. The van der Waals surface area contributed by atoms with Gasteiger partial charge in [0, 0.05) is 0 Å². The van der Waals surface area contributed by atoms with Gasteiger partial charge in [-0.3, -0.25) is 4.79 Å². The molecule has 0 fully saturated rings. The van der Waals surface area contributed by atoms with Crippen LogP contribution >= 0.6 is 0 Å². The lowest BCUT2D eigenvalue weighted by atomic mass is 9.76. The number of hydrogen-bond donors (Lipinski definition) is 2. The molecule has 0 heterocycles. The monoisotopic (exact) mass is 266 g/mol. The summed E-state index contributed by atoms with van der Waals surface area (Å²) in [5.74, 6) is -0.190. The highest BCUT2D eigenvalue weighted by molar-refractivity contribution is 5.74. The highest BCUT2D eigenvalue weighted by Gasteiger charge is 2.37. The number of carboxylic acid groups (broad SMARTS) is 1. The third kappa shape index (κ3) is 3.47. The maximum Gasteiger partial charge on any atom is 0.309 e. The molecule has 0 aliphatic heterocycles. The van der Waals surface area contributed by atoms with E-state index in [9.17, 15) is 15.0 Å². The van der Waals surface area contributed by atoms with Gasteiger partial charge in [-0.1, -0.05) is 26.0 Å². The average Bonchev–Trinajstić information content (AvgIpc) is 2.44. The number of aliphatic hydroxyl groups is 1. The Kier molecular flexibility index (Phi) is 5.36. The number of rotatable bonds is 7. The summed E-state index contributed by atoms with van der Waals surface area (Å²) in [4.78, 5) is 11.4. The van der Waals surface area contributed by atoms with Gasteiger partial charge in [-0.15, -0.1) is 0 Å². The Morgan fingerprint density at radius 2 is 2.00 bits per heavy atom. The Balaban J connectivity index is 2.93. The zero-order valence-corrected chi connectivity index (χ0v) is 11.7. The van der Waals surface area contributed by atoms with Gasteiger partial charge in [-0.25, -0.2) is 0 Å². The Morgan fingerprint density at radius 3 is 2.47 bits per heavy atom. The zero-order chi connectivity index (χ0) is 14.5. The molecular weight excluding hydrogens is 244 g/mol. The second kappa shape index (κ2) is 6.57. The van der Waals surface area contributed by atoms with Crippen molar-refractivity contribution in [2.45, 2.75) is 39.2 Å². The summed E-state index contributed by atoms with van der Waals surface area (Å²) in [6.45, 7) is 3.69. The van der Waals surface area contributed by atoms with E-state index in [0.717, 1.165) is 0 Å². The molecule has 106 valence electrons. The third-order valence-corrected chi connectivity index (χ3v) is 3.87. The van der Waals surface area contributed by atoms with Gasteiger partial charge in [0.05, 0.1) is 18.6 Å². The van der Waals surface area contributed by atoms with Crippen molar-refractivity contribution in [1.82, 2.24) is 0 Å². The molecule has 0 amide bonds. The summed E-state index contributed by atoms with van der Waals surface area (Å²) < 4.78 is 5.11. The molecule has 0 saturated heterocycles. The molecule has 0 aliphatic rings. The Hall–Kier alpha value is -1.55. The molecule has 19 heavy (non-hydrogen) atoms. The van der Waals surface area contributed by atoms with Crippen molar-refractivity contribution in [3.8, 4) is 5.75 Å². The topological polar surface area (TPSA) is 66.8 Å². The molecule has 0 bridgehead atoms. The van der Waals surface area contributed by atoms with Crippen LogP contribution in [0.3, 0.4) is 0 Å². The van der Waals surface area contributed by atoms with E-state index in [2.05, 4.69) is 0 Å². The fourth-order valence-electron chi connectivity index (χ4n) is 2.27. The molecule has 0 spiro atoms. The van der Waals surface area contributed by atoms with E-state index in [0.29, 0.717) is 24.2 Å². The van der Waals surface area contributed by atoms with Crippen molar-refractivity contribution >= 4 is 5.97 Å². The molecule has 2 N–H and O–H groups in total. The molecule has 0 aromatic heterocycles. The summed E-state index contributed by atoms with van der Waals surface area (Å²) in [5, 5.41) is 19.7. The number of ether oxygens (including phenoxy) is 1. The molecular formula is C15H22O4. The van der Waals surface area contributed by atoms with E-state index < -0.39 is 17.5 Å². The first-order chi connectivity index (χ1) is 8.99. The molecule has 0 radical (unpaired) electrons. The van der Waals surface area contributed by atoms with E-state index in [1.54, 1.807) is 31.4 Å². The number of benzene rings is 1. The fraction of sp³-hybridized carbons (Fsp3) is 0.533. The van der Waals surface area contributed by atoms with E-state index in [1.165, 1.54) is 0 Å². The molecule has 0 saturated carbocycles. The minimum atomic E-state index is -0.873. The average molecular weight is 266 g/mol. The predicted octanol–water partition coefficient (Wildman–Crippen LogP) is 3.01. The quantitative estimate of drug-likeness (QED) is 0.796. The van der Waals surface area contributed by atoms with Crippen molar-refractivity contribution in [3.05, 3.63) is 29.8 Å². The standard InChI is InChI=1S/C15H22O4/c1-4-15(5-2,14(17)18)10-13(16)11-7-6-8-12(9-11)19-3/h6-9,13,16H,4-5,10H2,1-3H3,(H,17,18). The first-order valence-corrected chi connectivity index (χ1v) is 6.54. The molecule has 1 aromatic carbocycles. The summed E-state index contributed by atoms with van der Waals surface area (Å²) in [5.41, 5.74) is -0.186. The highest BCUT2D eigenvalue weighted by Crippen LogP contribution is 2.37. The van der Waals surface area contributed by atoms with Gasteiger partial charge in [-0.05, 0) is 37.0 Å². The van der Waals surface area contributed by atoms with Crippen LogP contribution in [0.4, 0.5) is 0 Å². The van der Waals surface area contributed by atoms with Crippen molar-refractivity contribution < 1.29 is 19.7 Å². The summed E-state index contributed by atoms with van der Waals surface area (Å²) in [6.07, 6.45) is 0.411. The molecule has 4 nitrogen and oxygen atoms in total. The van der Waals surface area contributed by atoms with Crippen LogP contribution in [0.25, 0.3) is 0 Å². The Morgan fingerprint density at radius 1 is 1.37 bits per heavy atom. The van der Waals surface area contributed by atoms with Crippen LogP contribution in [-0.4, -0.2) is 23.3 Å². The van der Waals surface area contributed by atoms with Crippen molar-refractivity contribution in [2.75, 3.05) is 7.11 Å². The first-order valence-electron chi connectivity index (χ1n) is 6.54. The largest absolute Gasteiger partial charge is 0.497 e. The molecule has 1 unspecified atom stereocenters. The van der Waals surface area contributed by atoms with Gasteiger partial charge in [-0.2, -0.15) is 0 Å². The second-order valence-electron chi connectivity index (χ2n) is 4.79. The van der Waals surface area contributed by atoms with Crippen LogP contribution in [0.15, 0.2) is 24.3 Å². The van der Waals surface area contributed by atoms with Gasteiger partial charge in [0.1, 0.15) is 5.75 Å². The number of aliphatic hydroxyl groups excluding tert-OH is 1. The van der Waals surface area contributed by atoms with E-state index >= 15 is 0 Å². The van der Waals surface area contributed by atoms with Crippen LogP contribution < -0.4 is 4.74 Å². The molecule has 0 aliphatic carbocycles. The molecule has 1 atom stereocenters. The highest BCUT2D eigenvalue weighted by atomic mass is 16.5. The van der Waals surface area contributed by atoms with E-state index in [-0.39, 0.29) is 6.42 Å². The maximum absolute atomic E-state index is 11.4. The molecule has 1 aromatic rings.